The Morgan fingerprint density at radius 3 is 1.73 bits per heavy atom. The summed E-state index contributed by atoms with van der Waals surface area (Å²) in [6, 6.07) is 15.1. The van der Waals surface area contributed by atoms with Crippen LogP contribution in [0.3, 0.4) is 0 Å². The van der Waals surface area contributed by atoms with Crippen molar-refractivity contribution in [2.75, 3.05) is 40.3 Å². The maximum Gasteiger partial charge on any atom is 0.261 e. The van der Waals surface area contributed by atoms with E-state index in [0.717, 1.165) is 11.4 Å². The van der Waals surface area contributed by atoms with E-state index in [1.165, 1.54) is 11.1 Å². The number of benzene rings is 2. The van der Waals surface area contributed by atoms with Crippen molar-refractivity contribution < 1.29 is 24.0 Å². The van der Waals surface area contributed by atoms with Gasteiger partial charge in [-0.1, -0.05) is 6.07 Å². The zero-order valence-corrected chi connectivity index (χ0v) is 24.4. The van der Waals surface area contributed by atoms with Crippen LogP contribution in [0.15, 0.2) is 67.0 Å². The lowest BCUT2D eigenvalue weighted by molar-refractivity contribution is 0.0585. The van der Waals surface area contributed by atoms with Crippen LogP contribution in [0.4, 0.5) is 0 Å². The first-order valence-electron chi connectivity index (χ1n) is 14.4. The minimum atomic E-state index is -0.500. The number of imide groups is 2. The molecule has 1 N–H and O–H groups in total. The molecular formula is C33H30N6O5. The smallest absolute Gasteiger partial charge is 0.261 e. The summed E-state index contributed by atoms with van der Waals surface area (Å²) in [5, 5.41) is 3.50. The first-order valence-corrected chi connectivity index (χ1v) is 14.4. The highest BCUT2D eigenvalue weighted by Crippen LogP contribution is 2.37. The van der Waals surface area contributed by atoms with E-state index in [1.54, 1.807) is 42.6 Å². The van der Waals surface area contributed by atoms with Crippen LogP contribution >= 0.6 is 0 Å². The molecular weight excluding hydrogens is 560 g/mol. The van der Waals surface area contributed by atoms with E-state index in [-0.39, 0.29) is 36.7 Å². The van der Waals surface area contributed by atoms with Gasteiger partial charge in [0.2, 0.25) is 0 Å². The normalized spacial score (nSPS) is 14.2. The van der Waals surface area contributed by atoms with Gasteiger partial charge in [-0.05, 0) is 82.0 Å². The van der Waals surface area contributed by atoms with Crippen molar-refractivity contribution in [3.63, 3.8) is 0 Å². The lowest BCUT2D eigenvalue weighted by atomic mass is 9.86. The zero-order chi connectivity index (χ0) is 31.0. The van der Waals surface area contributed by atoms with E-state index in [4.69, 9.17) is 0 Å². The quantitative estimate of drug-likeness (QED) is 0.220. The molecule has 0 spiro atoms. The van der Waals surface area contributed by atoms with E-state index >= 15 is 0 Å². The molecule has 11 heteroatoms. The number of carbonyl (C=O) groups is 5. The Bertz CT molecular complexity index is 1750. The number of nitrogens with one attached hydrogen (secondary N) is 1. The van der Waals surface area contributed by atoms with Crippen LogP contribution in [0, 0.1) is 0 Å². The number of rotatable bonds is 10. The van der Waals surface area contributed by atoms with Crippen LogP contribution in [-0.2, 0) is 0 Å². The Kier molecular flexibility index (Phi) is 7.71. The SMILES string of the molecule is CN(C)CCCN1C(=O)c2ccc3c4c(ccc(c24)C1=O)C(=O)N(CCCNC(=O)c1ccc(-c2ccccn2)nc1)C3=O. The summed E-state index contributed by atoms with van der Waals surface area (Å²) in [7, 11) is 3.85. The molecule has 0 radical (unpaired) electrons. The van der Waals surface area contributed by atoms with Crippen molar-refractivity contribution >= 4 is 40.3 Å². The second-order valence-electron chi connectivity index (χ2n) is 11.0. The summed E-state index contributed by atoms with van der Waals surface area (Å²) in [6.07, 6.45) is 4.10. The highest BCUT2D eigenvalue weighted by molar-refractivity contribution is 6.33. The zero-order valence-electron chi connectivity index (χ0n) is 24.4. The van der Waals surface area contributed by atoms with Gasteiger partial charge in [0, 0.05) is 65.1 Å². The highest BCUT2D eigenvalue weighted by Gasteiger charge is 2.39. The summed E-state index contributed by atoms with van der Waals surface area (Å²) in [5.41, 5.74) is 2.89. The molecule has 2 aliphatic rings. The molecule has 44 heavy (non-hydrogen) atoms. The number of amides is 5. The van der Waals surface area contributed by atoms with Gasteiger partial charge in [0.05, 0.1) is 17.0 Å². The van der Waals surface area contributed by atoms with E-state index in [2.05, 4.69) is 15.3 Å². The third-order valence-corrected chi connectivity index (χ3v) is 7.85. The number of pyridine rings is 2. The molecule has 2 aliphatic heterocycles. The fourth-order valence-corrected chi connectivity index (χ4v) is 5.66. The fraction of sp³-hybridized carbons (Fsp3) is 0.242. The van der Waals surface area contributed by atoms with E-state index in [1.807, 2.05) is 37.2 Å². The number of aromatic nitrogens is 2. The topological polar surface area (TPSA) is 133 Å². The van der Waals surface area contributed by atoms with Crippen molar-refractivity contribution in [2.45, 2.75) is 12.8 Å². The van der Waals surface area contributed by atoms with Crippen LogP contribution in [-0.4, -0.2) is 94.5 Å². The Labute approximate surface area is 253 Å². The van der Waals surface area contributed by atoms with E-state index < -0.39 is 23.6 Å². The lowest BCUT2D eigenvalue weighted by Gasteiger charge is -2.32. The van der Waals surface area contributed by atoms with Gasteiger partial charge in [-0.25, -0.2) is 0 Å². The first kappa shape index (κ1) is 28.8. The van der Waals surface area contributed by atoms with Crippen LogP contribution < -0.4 is 5.32 Å². The maximum absolute atomic E-state index is 13.5. The average molecular weight is 591 g/mol. The van der Waals surface area contributed by atoms with Gasteiger partial charge in [0.1, 0.15) is 0 Å². The van der Waals surface area contributed by atoms with Gasteiger partial charge in [-0.2, -0.15) is 0 Å². The lowest BCUT2D eigenvalue weighted by Crippen LogP contribution is -2.44. The monoisotopic (exact) mass is 590 g/mol. The standard InChI is InChI=1S/C33H30N6O5/c1-37(2)16-6-18-39-32(43)23-11-9-21-27-22(10-12-24(28(23)27)33(39)44)31(42)38(30(21)41)17-5-15-35-29(40)20-8-13-26(36-19-20)25-7-3-4-14-34-25/h3-4,7-14,19H,5-6,15-18H2,1-2H3,(H,35,40). The minimum absolute atomic E-state index is 0.0801. The van der Waals surface area contributed by atoms with Crippen LogP contribution in [0.1, 0.15) is 64.6 Å². The Morgan fingerprint density at radius 1 is 0.705 bits per heavy atom. The molecule has 0 saturated carbocycles. The molecule has 0 saturated heterocycles. The van der Waals surface area contributed by atoms with Crippen LogP contribution in [0.25, 0.3) is 22.2 Å². The van der Waals surface area contributed by atoms with Gasteiger partial charge in [-0.15, -0.1) is 0 Å². The number of hydrogen-bond donors (Lipinski definition) is 1. The van der Waals surface area contributed by atoms with Crippen LogP contribution in [0.5, 0.6) is 0 Å². The summed E-state index contributed by atoms with van der Waals surface area (Å²) >= 11 is 0. The molecule has 5 amide bonds. The third kappa shape index (κ3) is 5.11. The van der Waals surface area contributed by atoms with Crippen molar-refractivity contribution in [1.82, 2.24) is 30.0 Å². The Morgan fingerprint density at radius 2 is 1.25 bits per heavy atom. The highest BCUT2D eigenvalue weighted by atomic mass is 16.2. The van der Waals surface area contributed by atoms with Crippen molar-refractivity contribution in [3.8, 4) is 11.4 Å². The Balaban J connectivity index is 1.13. The van der Waals surface area contributed by atoms with Crippen LogP contribution in [0.2, 0.25) is 0 Å². The molecule has 4 aromatic rings. The predicted octanol–water partition coefficient (Wildman–Crippen LogP) is 3.26. The Hall–Kier alpha value is -5.29. The number of hydrogen-bond acceptors (Lipinski definition) is 8. The molecule has 2 aromatic carbocycles. The number of carbonyl (C=O) groups excluding carboxylic acids is 5. The summed E-state index contributed by atoms with van der Waals surface area (Å²) in [4.78, 5) is 79.2. The molecule has 0 bridgehead atoms. The van der Waals surface area contributed by atoms with E-state index in [9.17, 15) is 24.0 Å². The van der Waals surface area contributed by atoms with Gasteiger partial charge < -0.3 is 10.2 Å². The fourth-order valence-electron chi connectivity index (χ4n) is 5.66. The first-order chi connectivity index (χ1) is 21.3. The van der Waals surface area contributed by atoms with E-state index in [0.29, 0.717) is 51.7 Å². The second kappa shape index (κ2) is 11.8. The molecule has 0 aliphatic carbocycles. The van der Waals surface area contributed by atoms with Gasteiger partial charge in [0.25, 0.3) is 29.5 Å². The summed E-state index contributed by atoms with van der Waals surface area (Å²) in [6.45, 7) is 1.30. The minimum Gasteiger partial charge on any atom is -0.352 e. The van der Waals surface area contributed by atoms with Gasteiger partial charge in [-0.3, -0.25) is 43.7 Å². The van der Waals surface area contributed by atoms with Crippen molar-refractivity contribution in [1.29, 1.82) is 0 Å². The molecule has 6 rings (SSSR count). The molecule has 0 atom stereocenters. The second-order valence-corrected chi connectivity index (χ2v) is 11.0. The van der Waals surface area contributed by atoms with Crippen molar-refractivity contribution in [2.24, 2.45) is 0 Å². The van der Waals surface area contributed by atoms with Gasteiger partial charge >= 0.3 is 0 Å². The number of nitrogens with zero attached hydrogens (tertiary/aromatic N) is 5. The molecule has 2 aromatic heterocycles. The van der Waals surface area contributed by atoms with Gasteiger partial charge in [0.15, 0.2) is 0 Å². The predicted molar refractivity (Wildman–Crippen MR) is 162 cm³/mol. The molecule has 0 fully saturated rings. The largest absolute Gasteiger partial charge is 0.352 e. The van der Waals surface area contributed by atoms with Crippen molar-refractivity contribution in [3.05, 3.63) is 94.8 Å². The summed E-state index contributed by atoms with van der Waals surface area (Å²) in [5.74, 6) is -2.18. The molecule has 11 nitrogen and oxygen atoms in total. The summed E-state index contributed by atoms with van der Waals surface area (Å²) < 4.78 is 0. The average Bonchev–Trinajstić information content (AvgIpc) is 3.04. The molecule has 0 unspecified atom stereocenters. The maximum atomic E-state index is 13.5. The third-order valence-electron chi connectivity index (χ3n) is 7.85. The molecule has 222 valence electrons. The molecule has 4 heterocycles.